The van der Waals surface area contributed by atoms with Gasteiger partial charge in [-0.05, 0) is 13.0 Å². The number of sulfonamides is 1. The molecule has 0 fully saturated rings. The molecule has 0 saturated carbocycles. The zero-order chi connectivity index (χ0) is 14.8. The van der Waals surface area contributed by atoms with Crippen LogP contribution in [0.25, 0.3) is 0 Å². The summed E-state index contributed by atoms with van der Waals surface area (Å²) in [6, 6.07) is -0.435. The highest BCUT2D eigenvalue weighted by Gasteiger charge is 2.32. The fourth-order valence-electron chi connectivity index (χ4n) is 1.28. The minimum Gasteiger partial charge on any atom is -0.478 e. The second-order valence-electron chi connectivity index (χ2n) is 3.80. The van der Waals surface area contributed by atoms with Crippen molar-refractivity contribution in [2.24, 2.45) is 0 Å². The summed E-state index contributed by atoms with van der Waals surface area (Å²) in [4.78, 5) is 10.6. The molecule has 1 unspecified atom stereocenters. The van der Waals surface area contributed by atoms with Crippen LogP contribution in [0.2, 0.25) is 0 Å². The third-order valence-corrected chi connectivity index (χ3v) is 5.01. The van der Waals surface area contributed by atoms with Crippen LogP contribution in [0.4, 0.5) is 13.2 Å². The molecule has 0 spiro atoms. The molecule has 1 aromatic heterocycles. The topological polar surface area (TPSA) is 83.5 Å². The van der Waals surface area contributed by atoms with Crippen LogP contribution in [0.1, 0.15) is 23.7 Å². The molecule has 0 amide bonds. The van der Waals surface area contributed by atoms with Crippen molar-refractivity contribution in [2.45, 2.75) is 29.8 Å². The highest BCUT2D eigenvalue weighted by molar-refractivity contribution is 7.91. The van der Waals surface area contributed by atoms with Gasteiger partial charge in [-0.2, -0.15) is 13.2 Å². The SMILES string of the molecule is CC(CC(F)(F)F)NS(=O)(=O)c1cc(C(=O)O)cs1. The number of hydrogen-bond donors (Lipinski definition) is 2. The van der Waals surface area contributed by atoms with E-state index in [9.17, 15) is 26.4 Å². The standard InChI is InChI=1S/C9H10F3NO4S2/c1-5(3-9(10,11)12)13-19(16,17)7-2-6(4-18-7)8(14)15/h2,4-5,13H,3H2,1H3,(H,14,15). The molecule has 1 rings (SSSR count). The van der Waals surface area contributed by atoms with Crippen LogP contribution in [0.15, 0.2) is 15.7 Å². The van der Waals surface area contributed by atoms with E-state index >= 15 is 0 Å². The molecule has 0 saturated heterocycles. The third-order valence-electron chi connectivity index (χ3n) is 1.98. The van der Waals surface area contributed by atoms with E-state index in [0.717, 1.165) is 18.4 Å². The van der Waals surface area contributed by atoms with E-state index in [1.54, 1.807) is 0 Å². The molecular formula is C9H10F3NO4S2. The number of carboxylic acids is 1. The van der Waals surface area contributed by atoms with E-state index in [1.165, 1.54) is 0 Å². The second-order valence-corrected chi connectivity index (χ2v) is 6.65. The molecule has 5 nitrogen and oxygen atoms in total. The lowest BCUT2D eigenvalue weighted by Gasteiger charge is -2.15. The average molecular weight is 317 g/mol. The highest BCUT2D eigenvalue weighted by atomic mass is 32.2. The zero-order valence-corrected chi connectivity index (χ0v) is 11.2. The number of rotatable bonds is 5. The summed E-state index contributed by atoms with van der Waals surface area (Å²) in [6.07, 6.45) is -5.78. The van der Waals surface area contributed by atoms with Gasteiger partial charge in [-0.25, -0.2) is 17.9 Å². The molecule has 0 radical (unpaired) electrons. The fourth-order valence-corrected chi connectivity index (χ4v) is 3.70. The normalized spacial score (nSPS) is 14.3. The predicted octanol–water partition coefficient (Wildman–Crippen LogP) is 2.07. The van der Waals surface area contributed by atoms with Gasteiger partial charge in [-0.15, -0.1) is 11.3 Å². The van der Waals surface area contributed by atoms with E-state index in [1.807, 2.05) is 4.72 Å². The van der Waals surface area contributed by atoms with E-state index in [-0.39, 0.29) is 9.77 Å². The van der Waals surface area contributed by atoms with Gasteiger partial charge in [0.25, 0.3) is 0 Å². The molecule has 1 aromatic rings. The van der Waals surface area contributed by atoms with Gasteiger partial charge in [0.15, 0.2) is 0 Å². The maximum Gasteiger partial charge on any atom is 0.390 e. The monoisotopic (exact) mass is 317 g/mol. The van der Waals surface area contributed by atoms with Crippen LogP contribution in [0.5, 0.6) is 0 Å². The number of carboxylic acid groups (broad SMARTS) is 1. The Kier molecular flexibility index (Phi) is 4.59. The van der Waals surface area contributed by atoms with Gasteiger partial charge < -0.3 is 5.11 Å². The van der Waals surface area contributed by atoms with Crippen molar-refractivity contribution >= 4 is 27.3 Å². The number of nitrogens with one attached hydrogen (secondary N) is 1. The molecular weight excluding hydrogens is 307 g/mol. The maximum absolute atomic E-state index is 12.1. The zero-order valence-electron chi connectivity index (χ0n) is 9.56. The van der Waals surface area contributed by atoms with E-state index in [4.69, 9.17) is 5.11 Å². The molecule has 0 aliphatic rings. The van der Waals surface area contributed by atoms with Gasteiger partial charge in [0.1, 0.15) is 4.21 Å². The minimum absolute atomic E-state index is 0.228. The van der Waals surface area contributed by atoms with E-state index in [0.29, 0.717) is 11.3 Å². The second kappa shape index (κ2) is 5.47. The van der Waals surface area contributed by atoms with Crippen LogP contribution < -0.4 is 4.72 Å². The van der Waals surface area contributed by atoms with Gasteiger partial charge in [0, 0.05) is 11.4 Å². The Balaban J connectivity index is 2.83. The Hall–Kier alpha value is -1.13. The summed E-state index contributed by atoms with van der Waals surface area (Å²) in [6.45, 7) is 1.08. The molecule has 2 N–H and O–H groups in total. The summed E-state index contributed by atoms with van der Waals surface area (Å²) < 4.78 is 61.2. The largest absolute Gasteiger partial charge is 0.478 e. The van der Waals surface area contributed by atoms with Crippen LogP contribution in [0.3, 0.4) is 0 Å². The quantitative estimate of drug-likeness (QED) is 0.871. The summed E-state index contributed by atoms with van der Waals surface area (Å²) in [5.41, 5.74) is -0.228. The van der Waals surface area contributed by atoms with Crippen LogP contribution in [-0.2, 0) is 10.0 Å². The maximum atomic E-state index is 12.1. The Morgan fingerprint density at radius 2 is 2.11 bits per heavy atom. The molecule has 0 bridgehead atoms. The van der Waals surface area contributed by atoms with Gasteiger partial charge in [0.2, 0.25) is 10.0 Å². The lowest BCUT2D eigenvalue weighted by molar-refractivity contribution is -0.137. The van der Waals surface area contributed by atoms with Crippen molar-refractivity contribution in [3.63, 3.8) is 0 Å². The Labute approximate surface area is 111 Å². The number of halogens is 3. The average Bonchev–Trinajstić information content (AvgIpc) is 2.61. The summed E-state index contributed by atoms with van der Waals surface area (Å²) in [5.74, 6) is -1.30. The number of aromatic carboxylic acids is 1. The van der Waals surface area contributed by atoms with Crippen molar-refractivity contribution in [1.29, 1.82) is 0 Å². The lowest BCUT2D eigenvalue weighted by atomic mass is 10.2. The molecule has 10 heteroatoms. The van der Waals surface area contributed by atoms with Gasteiger partial charge in [-0.1, -0.05) is 0 Å². The predicted molar refractivity (Wildman–Crippen MR) is 61.7 cm³/mol. The Morgan fingerprint density at radius 1 is 1.53 bits per heavy atom. The first-order valence-corrected chi connectivity index (χ1v) is 7.28. The summed E-state index contributed by atoms with van der Waals surface area (Å²) >= 11 is 0.632. The van der Waals surface area contributed by atoms with Gasteiger partial charge >= 0.3 is 12.1 Å². The molecule has 19 heavy (non-hydrogen) atoms. The number of hydrogen-bond acceptors (Lipinski definition) is 4. The first-order chi connectivity index (χ1) is 8.51. The summed E-state index contributed by atoms with van der Waals surface area (Å²) in [5, 5.41) is 9.74. The molecule has 0 aliphatic carbocycles. The first kappa shape index (κ1) is 15.9. The molecule has 108 valence electrons. The number of thiophene rings is 1. The third kappa shape index (κ3) is 4.80. The highest BCUT2D eigenvalue weighted by Crippen LogP contribution is 2.24. The van der Waals surface area contributed by atoms with E-state index in [2.05, 4.69) is 0 Å². The van der Waals surface area contributed by atoms with Crippen LogP contribution in [-0.4, -0.2) is 31.7 Å². The first-order valence-electron chi connectivity index (χ1n) is 4.92. The molecule has 0 aliphatic heterocycles. The van der Waals surface area contributed by atoms with Crippen molar-refractivity contribution in [3.05, 3.63) is 17.0 Å². The van der Waals surface area contributed by atoms with Crippen LogP contribution >= 0.6 is 11.3 Å². The van der Waals surface area contributed by atoms with Crippen molar-refractivity contribution in [1.82, 2.24) is 4.72 Å². The molecule has 1 heterocycles. The number of carbonyl (C=O) groups is 1. The van der Waals surface area contributed by atoms with Crippen LogP contribution in [0, 0.1) is 0 Å². The summed E-state index contributed by atoms with van der Waals surface area (Å²) in [7, 11) is -4.14. The Morgan fingerprint density at radius 3 is 2.53 bits per heavy atom. The fraction of sp³-hybridized carbons (Fsp3) is 0.444. The van der Waals surface area contributed by atoms with Crippen molar-refractivity contribution < 1.29 is 31.5 Å². The minimum atomic E-state index is -4.48. The Bertz CT molecular complexity index is 564. The van der Waals surface area contributed by atoms with Gasteiger partial charge in [0.05, 0.1) is 12.0 Å². The van der Waals surface area contributed by atoms with Crippen molar-refractivity contribution in [3.8, 4) is 0 Å². The smallest absolute Gasteiger partial charge is 0.390 e. The lowest BCUT2D eigenvalue weighted by Crippen LogP contribution is -2.35. The van der Waals surface area contributed by atoms with E-state index < -0.39 is 34.6 Å². The van der Waals surface area contributed by atoms with Crippen molar-refractivity contribution in [2.75, 3.05) is 0 Å². The molecule has 1 atom stereocenters. The van der Waals surface area contributed by atoms with Gasteiger partial charge in [-0.3, -0.25) is 0 Å². The molecule has 0 aromatic carbocycles. The number of alkyl halides is 3.